The van der Waals surface area contributed by atoms with Crippen LogP contribution in [-0.4, -0.2) is 33.7 Å². The number of aromatic nitrogens is 2. The summed E-state index contributed by atoms with van der Waals surface area (Å²) in [7, 11) is 0. The molecular weight excluding hydrogens is 432 g/mol. The molecule has 0 radical (unpaired) electrons. The summed E-state index contributed by atoms with van der Waals surface area (Å²) < 4.78 is 1.67. The SMILES string of the molecule is CCn1c(SCC(=O)N2CC(=O)Nc3ccccc32)nc2sc3c(c2c1=O)CCCC3. The molecule has 0 fully saturated rings. The summed E-state index contributed by atoms with van der Waals surface area (Å²) in [5, 5.41) is 4.11. The van der Waals surface area contributed by atoms with Gasteiger partial charge in [0.05, 0.1) is 22.5 Å². The van der Waals surface area contributed by atoms with Gasteiger partial charge in [0, 0.05) is 11.4 Å². The van der Waals surface area contributed by atoms with E-state index in [1.165, 1.54) is 27.1 Å². The predicted octanol–water partition coefficient (Wildman–Crippen LogP) is 3.43. The van der Waals surface area contributed by atoms with Crippen molar-refractivity contribution in [3.63, 3.8) is 0 Å². The van der Waals surface area contributed by atoms with Gasteiger partial charge >= 0.3 is 0 Å². The van der Waals surface area contributed by atoms with Gasteiger partial charge in [-0.05, 0) is 50.3 Å². The van der Waals surface area contributed by atoms with Gasteiger partial charge in [0.25, 0.3) is 5.56 Å². The number of benzene rings is 1. The molecule has 0 saturated carbocycles. The number of fused-ring (bicyclic) bond motifs is 4. The third-order valence-electron chi connectivity index (χ3n) is 5.75. The summed E-state index contributed by atoms with van der Waals surface area (Å²) in [5.41, 5.74) is 2.49. The Labute approximate surface area is 187 Å². The number of carbonyl (C=O) groups excluding carboxylic acids is 2. The molecule has 31 heavy (non-hydrogen) atoms. The van der Waals surface area contributed by atoms with Gasteiger partial charge in [-0.2, -0.15) is 0 Å². The second kappa shape index (κ2) is 8.12. The Balaban J connectivity index is 1.44. The number of para-hydroxylation sites is 2. The van der Waals surface area contributed by atoms with Gasteiger partial charge in [0.1, 0.15) is 11.4 Å². The molecule has 1 aromatic carbocycles. The lowest BCUT2D eigenvalue weighted by Gasteiger charge is -2.29. The summed E-state index contributed by atoms with van der Waals surface area (Å²) in [6.45, 7) is 2.41. The maximum atomic E-state index is 13.2. The third-order valence-corrected chi connectivity index (χ3v) is 7.90. The molecule has 7 nitrogen and oxygen atoms in total. The van der Waals surface area contributed by atoms with Crippen molar-refractivity contribution in [1.82, 2.24) is 9.55 Å². The molecule has 0 unspecified atom stereocenters. The van der Waals surface area contributed by atoms with Gasteiger partial charge in [0.15, 0.2) is 5.16 Å². The zero-order valence-electron chi connectivity index (χ0n) is 17.1. The van der Waals surface area contributed by atoms with Crippen molar-refractivity contribution < 1.29 is 9.59 Å². The number of hydrogen-bond acceptors (Lipinski definition) is 6. The van der Waals surface area contributed by atoms with Crippen molar-refractivity contribution in [3.05, 3.63) is 45.1 Å². The first-order valence-corrected chi connectivity index (χ1v) is 12.2. The lowest BCUT2D eigenvalue weighted by molar-refractivity contribution is -0.120. The Morgan fingerprint density at radius 2 is 2.03 bits per heavy atom. The van der Waals surface area contributed by atoms with Crippen LogP contribution >= 0.6 is 23.1 Å². The van der Waals surface area contributed by atoms with Gasteiger partial charge in [-0.3, -0.25) is 19.0 Å². The van der Waals surface area contributed by atoms with Gasteiger partial charge in [-0.25, -0.2) is 4.98 Å². The monoisotopic (exact) mass is 454 g/mol. The minimum Gasteiger partial charge on any atom is -0.323 e. The van der Waals surface area contributed by atoms with Crippen molar-refractivity contribution in [3.8, 4) is 0 Å². The summed E-state index contributed by atoms with van der Waals surface area (Å²) in [4.78, 5) is 46.6. The molecule has 1 aliphatic carbocycles. The number of nitrogens with zero attached hydrogens (tertiary/aromatic N) is 3. The van der Waals surface area contributed by atoms with Gasteiger partial charge < -0.3 is 10.2 Å². The fourth-order valence-corrected chi connectivity index (χ4v) is 6.51. The number of hydrogen-bond donors (Lipinski definition) is 1. The van der Waals surface area contributed by atoms with Crippen LogP contribution in [0.2, 0.25) is 0 Å². The molecule has 1 aliphatic heterocycles. The van der Waals surface area contributed by atoms with Crippen LogP contribution in [0.5, 0.6) is 0 Å². The molecule has 160 valence electrons. The van der Waals surface area contributed by atoms with Crippen molar-refractivity contribution in [2.75, 3.05) is 22.5 Å². The molecule has 0 bridgehead atoms. The highest BCUT2D eigenvalue weighted by molar-refractivity contribution is 7.99. The number of rotatable bonds is 4. The smallest absolute Gasteiger partial charge is 0.263 e. The Hall–Kier alpha value is -2.65. The second-order valence-electron chi connectivity index (χ2n) is 7.67. The van der Waals surface area contributed by atoms with E-state index in [0.717, 1.165) is 35.9 Å². The number of thiophene rings is 1. The van der Waals surface area contributed by atoms with Crippen molar-refractivity contribution in [1.29, 1.82) is 0 Å². The summed E-state index contributed by atoms with van der Waals surface area (Å²) in [6, 6.07) is 7.26. The Kier molecular flexibility index (Phi) is 5.31. The number of anilines is 2. The molecule has 2 aliphatic rings. The van der Waals surface area contributed by atoms with E-state index >= 15 is 0 Å². The molecular formula is C22H22N4O3S2. The molecule has 9 heteroatoms. The standard InChI is InChI=1S/C22H22N4O3S2/c1-2-25-21(29)19-13-7-3-6-10-16(13)31-20(19)24-22(25)30-12-18(28)26-11-17(27)23-14-8-4-5-9-15(14)26/h4-5,8-9H,2-3,6-7,10-12H2,1H3,(H,23,27). The van der Waals surface area contributed by atoms with E-state index < -0.39 is 0 Å². The number of amides is 2. The van der Waals surface area contributed by atoms with Crippen LogP contribution in [-0.2, 0) is 29.0 Å². The van der Waals surface area contributed by atoms with E-state index in [4.69, 9.17) is 4.98 Å². The van der Waals surface area contributed by atoms with Crippen molar-refractivity contribution >= 4 is 56.5 Å². The zero-order valence-corrected chi connectivity index (χ0v) is 18.8. The Morgan fingerprint density at radius 3 is 2.87 bits per heavy atom. The number of nitrogens with one attached hydrogen (secondary N) is 1. The molecule has 2 aromatic heterocycles. The number of aryl methyl sites for hydroxylation is 2. The topological polar surface area (TPSA) is 84.3 Å². The van der Waals surface area contributed by atoms with Crippen LogP contribution in [0.15, 0.2) is 34.2 Å². The number of thioether (sulfide) groups is 1. The van der Waals surface area contributed by atoms with E-state index in [1.807, 2.05) is 25.1 Å². The second-order valence-corrected chi connectivity index (χ2v) is 9.69. The molecule has 3 heterocycles. The van der Waals surface area contributed by atoms with Gasteiger partial charge in [-0.1, -0.05) is 23.9 Å². The number of carbonyl (C=O) groups is 2. The highest BCUT2D eigenvalue weighted by Crippen LogP contribution is 2.35. The van der Waals surface area contributed by atoms with Crippen LogP contribution < -0.4 is 15.8 Å². The minimum atomic E-state index is -0.216. The average molecular weight is 455 g/mol. The normalized spacial score (nSPS) is 15.5. The highest BCUT2D eigenvalue weighted by Gasteiger charge is 2.27. The van der Waals surface area contributed by atoms with E-state index in [9.17, 15) is 14.4 Å². The zero-order chi connectivity index (χ0) is 21.5. The lowest BCUT2D eigenvalue weighted by Crippen LogP contribution is -2.43. The predicted molar refractivity (Wildman–Crippen MR) is 124 cm³/mol. The van der Waals surface area contributed by atoms with E-state index in [2.05, 4.69) is 5.32 Å². The van der Waals surface area contributed by atoms with Crippen LogP contribution in [0.1, 0.15) is 30.2 Å². The summed E-state index contributed by atoms with van der Waals surface area (Å²) in [6.07, 6.45) is 4.22. The van der Waals surface area contributed by atoms with Crippen LogP contribution in [0.4, 0.5) is 11.4 Å². The summed E-state index contributed by atoms with van der Waals surface area (Å²) >= 11 is 2.87. The van der Waals surface area contributed by atoms with E-state index in [0.29, 0.717) is 23.1 Å². The molecule has 0 atom stereocenters. The van der Waals surface area contributed by atoms with E-state index in [-0.39, 0.29) is 29.7 Å². The van der Waals surface area contributed by atoms with Crippen molar-refractivity contribution in [2.45, 2.75) is 44.3 Å². The van der Waals surface area contributed by atoms with E-state index in [1.54, 1.807) is 22.0 Å². The molecule has 3 aromatic rings. The first-order chi connectivity index (χ1) is 15.1. The molecule has 0 spiro atoms. The largest absolute Gasteiger partial charge is 0.323 e. The first kappa shape index (κ1) is 20.3. The maximum Gasteiger partial charge on any atom is 0.263 e. The van der Waals surface area contributed by atoms with Gasteiger partial charge in [0.2, 0.25) is 11.8 Å². The fraction of sp³-hybridized carbons (Fsp3) is 0.364. The lowest BCUT2D eigenvalue weighted by atomic mass is 9.97. The van der Waals surface area contributed by atoms with Crippen LogP contribution in [0.25, 0.3) is 10.2 Å². The molecule has 0 saturated heterocycles. The Morgan fingerprint density at radius 1 is 1.23 bits per heavy atom. The summed E-state index contributed by atoms with van der Waals surface area (Å²) in [5.74, 6) is -0.300. The Bertz CT molecular complexity index is 1260. The van der Waals surface area contributed by atoms with Gasteiger partial charge in [-0.15, -0.1) is 11.3 Å². The average Bonchev–Trinajstić information content (AvgIpc) is 3.15. The fourth-order valence-electron chi connectivity index (χ4n) is 4.27. The molecule has 2 amide bonds. The quantitative estimate of drug-likeness (QED) is 0.482. The highest BCUT2D eigenvalue weighted by atomic mass is 32.2. The maximum absolute atomic E-state index is 13.2. The molecule has 5 rings (SSSR count). The van der Waals surface area contributed by atoms with Crippen molar-refractivity contribution in [2.24, 2.45) is 0 Å². The minimum absolute atomic E-state index is 0.00968. The van der Waals surface area contributed by atoms with Crippen LogP contribution in [0, 0.1) is 0 Å². The molecule has 1 N–H and O–H groups in total. The van der Waals surface area contributed by atoms with Crippen LogP contribution in [0.3, 0.4) is 0 Å². The first-order valence-electron chi connectivity index (χ1n) is 10.4. The third kappa shape index (κ3) is 3.55.